The third kappa shape index (κ3) is 40.7. The Hall–Kier alpha value is 21.6. The largest absolute Gasteiger partial charge is 0.493 e. The van der Waals surface area contributed by atoms with E-state index in [1.54, 1.807) is 11.2 Å². The highest BCUT2D eigenvalue weighted by Crippen LogP contribution is 3.45. The predicted molar refractivity (Wildman–Crippen MR) is 815 cm³/mol. The molecule has 0 bridgehead atoms. The van der Waals surface area contributed by atoms with Crippen molar-refractivity contribution in [3.05, 3.63) is 139 Å². The summed E-state index contributed by atoms with van der Waals surface area (Å²) in [5, 5.41) is 7.08. The van der Waals surface area contributed by atoms with Gasteiger partial charge in [-0.25, -0.2) is 19.8 Å². The zero-order valence-corrected chi connectivity index (χ0v) is 139. The molecule has 10 rings (SSSR count). The van der Waals surface area contributed by atoms with Crippen LogP contribution in [-0.2, 0) is 4.74 Å². The van der Waals surface area contributed by atoms with Crippen LogP contribution >= 0.6 is 546 Å². The molecule has 2 fully saturated rings. The molecule has 7 aromatic rings. The lowest BCUT2D eigenvalue weighted by atomic mass is 10.1. The van der Waals surface area contributed by atoms with Gasteiger partial charge >= 0.3 is 6.09 Å². The van der Waals surface area contributed by atoms with Crippen molar-refractivity contribution in [3.63, 3.8) is 0 Å². The van der Waals surface area contributed by atoms with Crippen LogP contribution in [0.1, 0.15) is 52.2 Å². The number of rotatable bonds is 41. The van der Waals surface area contributed by atoms with Crippen molar-refractivity contribution in [2.24, 2.45) is 16.8 Å². The highest BCUT2D eigenvalue weighted by atomic mass is 35.5. The highest BCUT2D eigenvalue weighted by molar-refractivity contribution is 9.38. The molecule has 4 aromatic carbocycles. The SMILES string of the molecule is C.CC(C)(C)OC(=O)N1CCC(COc2ccc(-c3cn(-c4ccccc4)c4c(Cl)ncnc34)cc2)C1.ClC1N=CNc2c(-c3ccc(OCC4CCNC4)cc3)cn(-c3ccccc3)c21.PPP(P)P(P(P(P)P)P(P)P)P(P(P(P)P)P(P)P)C(P(P(P(P)P)P(P)P)P(P(P)P)P(P)P)(P(P(P(P)P)P(P)P)P(P(P)P)P(P)P)P(P(P(P)P)P(P)P)P(P(P)P)P(P)P. The minimum atomic E-state index is -0.488. The fraction of sp³-hybridized carbons (Fsp3) is 0.321. The number of fused-ring (bicyclic) bond motifs is 2. The molecule has 12 nitrogen and oxygen atoms in total. The Balaban J connectivity index is 0.000000297. The lowest BCUT2D eigenvalue weighted by Crippen LogP contribution is -2.35. The maximum absolute atomic E-state index is 12.3. The van der Waals surface area contributed by atoms with Gasteiger partial charge in [-0.15, -0.1) is 304 Å². The van der Waals surface area contributed by atoms with Crippen molar-refractivity contribution in [2.75, 3.05) is 44.7 Å². The van der Waals surface area contributed by atoms with Gasteiger partial charge in [-0.1, -0.05) is 99.3 Å². The summed E-state index contributed by atoms with van der Waals surface area (Å²) in [6, 6.07) is 36.5. The van der Waals surface area contributed by atoms with E-state index >= 15 is 0 Å². The van der Waals surface area contributed by atoms with E-state index in [9.17, 15) is 4.79 Å². The van der Waals surface area contributed by atoms with E-state index in [1.165, 1.54) is 12.7 Å². The molecule has 740 valence electrons. The van der Waals surface area contributed by atoms with Gasteiger partial charge in [0.05, 0.1) is 35.3 Å². The summed E-state index contributed by atoms with van der Waals surface area (Å²) in [4.78, 5) is 27.1. The Morgan fingerprint density at radius 3 is 1.20 bits per heavy atom. The molecular weight excluding hydrogens is 2900 g/mol. The fourth-order valence-corrected chi connectivity index (χ4v) is 747. The molecule has 0 aliphatic carbocycles. The fourth-order valence-electron chi connectivity index (χ4n) is 12.9. The summed E-state index contributed by atoms with van der Waals surface area (Å²) in [5.74, 6) is 2.57. The molecule has 41 unspecified atom stereocenters. The molecule has 0 spiro atoms. The van der Waals surface area contributed by atoms with Crippen molar-refractivity contribution in [1.82, 2.24) is 29.3 Å². The second-order valence-electron chi connectivity index (χ2n) is 28.2. The minimum Gasteiger partial charge on any atom is -0.493 e. The molecule has 6 heterocycles. The first-order chi connectivity index (χ1) is 61.6. The van der Waals surface area contributed by atoms with Crippen LogP contribution in [0, 0.1) is 11.8 Å². The zero-order valence-electron chi connectivity index (χ0n) is 70.7. The minimum absolute atomic E-state index is 0. The summed E-state index contributed by atoms with van der Waals surface area (Å²) >= 11 is 13.0. The number of alkyl halides is 1. The lowest BCUT2D eigenvalue weighted by molar-refractivity contribution is 0.0284. The average molecular weight is 3020 g/mol. The number of carbonyl (C=O) groups excluding carboxylic acids is 1. The zero-order chi connectivity index (χ0) is 97.4. The van der Waals surface area contributed by atoms with Crippen LogP contribution in [0.25, 0.3) is 44.7 Å². The quantitative estimate of drug-likeness (QED) is 0.0168. The molecule has 3 aliphatic heterocycles. The van der Waals surface area contributed by atoms with Gasteiger partial charge in [0.2, 0.25) is 0 Å². The Bertz CT molecular complexity index is 4430. The van der Waals surface area contributed by atoms with Gasteiger partial charge in [0.25, 0.3) is 0 Å². The standard InChI is InChI=1S/C28H29ClN4O3.C23H23ClN4O.CH69P65.CH4/c1-28(2,3)36-27(34)32-14-13-19(15-32)17-35-22-11-9-20(10-12-22)23-16-33(21-7-5-4-6-8-21)25-24(23)30-18-31-26(25)29;24-23-22-21(26-15-27-23)20(13-28(22)18-4-2-1-3-5-18)17-6-8-19(9-7-17)29-14-16-10-11-25-12-16;2-36-57(35)65(66(55(31)32)56(33)34)40(64(53(27)28)54(29)30)1(37(58(41(3)4)42(5)6)59(43(7)8)44(9)10,38(60(45(11)12)46(13)14)61(47(15)16)48(17)18)39(62(49(19)20)50(21)22)63(51(23)24)52(25)26;/h4-12,16,18-19H,13-15,17H2,1-3H3;1-9,13,15-16,23,25H,10-12,14H2,(H,26,27);36H,2-35H2;1H4. The Morgan fingerprint density at radius 1 is 0.470 bits per heavy atom. The number of anilines is 1. The van der Waals surface area contributed by atoms with E-state index in [0.717, 1.165) is 102 Å². The third-order valence-corrected chi connectivity index (χ3v) is 419. The molecular formula is C53H125Cl2N8O4P65. The van der Waals surface area contributed by atoms with Crippen LogP contribution in [0.2, 0.25) is 5.15 Å². The molecule has 3 aromatic heterocycles. The number of aromatic nitrogens is 4. The van der Waals surface area contributed by atoms with Crippen molar-refractivity contribution in [1.29, 1.82) is 0 Å². The molecule has 132 heavy (non-hydrogen) atoms. The average Bonchev–Trinajstić information content (AvgIpc) is 0.776. The second kappa shape index (κ2) is 70.8. The first-order valence-electron chi connectivity index (χ1n) is 37.2. The molecule has 79 heteroatoms. The first-order valence-corrected chi connectivity index (χ1v) is 154. The van der Waals surface area contributed by atoms with Crippen molar-refractivity contribution < 1.29 is 19.0 Å². The van der Waals surface area contributed by atoms with Gasteiger partial charge in [0.15, 0.2) is 10.7 Å². The summed E-state index contributed by atoms with van der Waals surface area (Å²) in [6.07, 6.45) is 9.15. The summed E-state index contributed by atoms with van der Waals surface area (Å²) in [5.41, 5.74) is 8.82. The molecule has 3 aliphatic rings. The van der Waals surface area contributed by atoms with Gasteiger partial charge in [0.1, 0.15) is 34.5 Å². The molecule has 2 N–H and O–H groups in total. The number of nitrogens with one attached hydrogen (secondary N) is 2. The maximum Gasteiger partial charge on any atom is 0.410 e. The third-order valence-electron chi connectivity index (χ3n) is 17.9. The summed E-state index contributed by atoms with van der Waals surface area (Å²) < 4.78 is 22.0. The number of hydrogen-bond acceptors (Lipinski definition) is 9. The van der Waals surface area contributed by atoms with Gasteiger partial charge in [0, 0.05) is 66.4 Å². The molecule has 1 amide bonds. The van der Waals surface area contributed by atoms with Crippen molar-refractivity contribution >= 4 is 575 Å². The van der Waals surface area contributed by atoms with Crippen molar-refractivity contribution in [2.45, 2.75) is 56.5 Å². The first kappa shape index (κ1) is 140. The van der Waals surface area contributed by atoms with E-state index in [1.807, 2.05) is 116 Å². The van der Waals surface area contributed by atoms with Crippen LogP contribution in [0.4, 0.5) is 10.5 Å². The van der Waals surface area contributed by atoms with E-state index < -0.39 is 40.3 Å². The number of halogens is 2. The smallest absolute Gasteiger partial charge is 0.410 e. The highest BCUT2D eigenvalue weighted by Gasteiger charge is 2.73. The number of para-hydroxylation sites is 2. The van der Waals surface area contributed by atoms with Crippen LogP contribution in [0.3, 0.4) is 0 Å². The lowest BCUT2D eigenvalue weighted by Gasteiger charge is -2.69. The normalized spacial score (nSPS) is 16.9. The number of nitrogens with zero attached hydrogens (tertiary/aromatic N) is 6. The topological polar surface area (TPSA) is 120 Å². The Kier molecular flexibility index (Phi) is 75.3. The number of likely N-dealkylation sites (tertiary alicyclic amines) is 1. The second-order valence-corrected chi connectivity index (χ2v) is 283. The van der Waals surface area contributed by atoms with Gasteiger partial charge in [-0.3, -0.25) is 0 Å². The van der Waals surface area contributed by atoms with Crippen LogP contribution < -0.4 is 20.1 Å². The number of amides is 1. The molecule has 2 saturated heterocycles. The summed E-state index contributed by atoms with van der Waals surface area (Å²) in [7, 11) is 123. The predicted octanol–water partition coefficient (Wildman–Crippen LogP) is 49.1. The van der Waals surface area contributed by atoms with Crippen molar-refractivity contribution in [3.8, 4) is 45.1 Å². The van der Waals surface area contributed by atoms with Gasteiger partial charge in [-0.05, 0) is 311 Å². The Labute approximate surface area is 913 Å². The number of carbonyl (C=O) groups is 1. The van der Waals surface area contributed by atoms with E-state index in [4.69, 9.17) is 37.4 Å². The van der Waals surface area contributed by atoms with Crippen LogP contribution in [0.15, 0.2) is 133 Å². The van der Waals surface area contributed by atoms with Crippen LogP contribution in [-0.4, -0.2) is 85.8 Å². The van der Waals surface area contributed by atoms with Gasteiger partial charge < -0.3 is 38.9 Å². The number of benzene rings is 4. The number of aliphatic imine (C=N–C) groups is 1. The van der Waals surface area contributed by atoms with E-state index in [2.05, 4.69) is 364 Å². The van der Waals surface area contributed by atoms with E-state index in [-0.39, 0.29) is 201 Å². The maximum atomic E-state index is 12.3. The van der Waals surface area contributed by atoms with E-state index in [0.29, 0.717) is 35.1 Å². The monoisotopic (exact) mass is 3020 g/mol. The molecule has 41 atom stereocenters. The van der Waals surface area contributed by atoms with Gasteiger partial charge in [-0.2, -0.15) is 0 Å². The number of ether oxygens (including phenoxy) is 3. The van der Waals surface area contributed by atoms with Crippen LogP contribution in [0.5, 0.6) is 11.5 Å². The molecule has 0 radical (unpaired) electrons. The Morgan fingerprint density at radius 2 is 0.833 bits per heavy atom. The number of hydrogen-bond donors (Lipinski definition) is 2. The molecule has 0 saturated carbocycles. The summed E-state index contributed by atoms with van der Waals surface area (Å²) in [6.45, 7) is 1.45.